The monoisotopic (exact) mass is 457 g/mol. The fraction of sp³-hybridized carbons (Fsp3) is 0.273. The molecule has 0 aliphatic carbocycles. The first-order valence-corrected chi connectivity index (χ1v) is 11.1. The maximum atomic E-state index is 12.7. The number of para-hydroxylation sites is 1. The summed E-state index contributed by atoms with van der Waals surface area (Å²) in [5, 5.41) is 15.5. The Hall–Kier alpha value is -2.84. The number of benzene rings is 2. The van der Waals surface area contributed by atoms with Gasteiger partial charge in [-0.25, -0.2) is 0 Å². The fourth-order valence-corrected chi connectivity index (χ4v) is 3.77. The number of carbonyl (C=O) groups is 2. The van der Waals surface area contributed by atoms with E-state index >= 15 is 0 Å². The van der Waals surface area contributed by atoms with Gasteiger partial charge < -0.3 is 15.2 Å². The lowest BCUT2D eigenvalue weighted by Gasteiger charge is -2.21. The van der Waals surface area contributed by atoms with E-state index in [4.69, 9.17) is 11.6 Å². The molecule has 2 N–H and O–H groups in total. The van der Waals surface area contributed by atoms with Crippen molar-refractivity contribution in [1.82, 2.24) is 20.1 Å². The van der Waals surface area contributed by atoms with Gasteiger partial charge in [0.05, 0.1) is 11.8 Å². The minimum atomic E-state index is -0.340. The number of halogens is 1. The zero-order valence-electron chi connectivity index (χ0n) is 17.5. The number of nitrogens with one attached hydrogen (secondary N) is 2. The molecular formula is C22H24ClN5O2S. The van der Waals surface area contributed by atoms with Gasteiger partial charge in [-0.05, 0) is 42.3 Å². The van der Waals surface area contributed by atoms with Gasteiger partial charge in [-0.2, -0.15) is 0 Å². The van der Waals surface area contributed by atoms with Gasteiger partial charge in [-0.1, -0.05) is 55.4 Å². The van der Waals surface area contributed by atoms with Gasteiger partial charge in [0.1, 0.15) is 0 Å². The highest BCUT2D eigenvalue weighted by Crippen LogP contribution is 2.24. The van der Waals surface area contributed by atoms with Crippen LogP contribution in [0, 0.1) is 5.92 Å². The maximum absolute atomic E-state index is 12.7. The van der Waals surface area contributed by atoms with Gasteiger partial charge in [-0.3, -0.25) is 9.59 Å². The van der Waals surface area contributed by atoms with Crippen LogP contribution in [0.15, 0.2) is 59.8 Å². The molecule has 0 fully saturated rings. The van der Waals surface area contributed by atoms with Crippen molar-refractivity contribution in [2.75, 3.05) is 11.1 Å². The number of hydrogen-bond acceptors (Lipinski definition) is 5. The van der Waals surface area contributed by atoms with Crippen molar-refractivity contribution in [3.05, 3.63) is 71.0 Å². The molecule has 2 aromatic carbocycles. The van der Waals surface area contributed by atoms with Crippen molar-refractivity contribution in [3.63, 3.8) is 0 Å². The van der Waals surface area contributed by atoms with Crippen LogP contribution in [0.5, 0.6) is 0 Å². The predicted octanol–water partition coefficient (Wildman–Crippen LogP) is 4.33. The summed E-state index contributed by atoms with van der Waals surface area (Å²) in [5.74, 6) is 0.568. The maximum Gasteiger partial charge on any atom is 0.251 e. The number of rotatable bonds is 8. The average Bonchev–Trinajstić information content (AvgIpc) is 3.11. The summed E-state index contributed by atoms with van der Waals surface area (Å²) in [6.45, 7) is 4.00. The number of anilines is 1. The second-order valence-electron chi connectivity index (χ2n) is 7.30. The van der Waals surface area contributed by atoms with E-state index in [1.165, 1.54) is 11.8 Å². The molecule has 0 saturated carbocycles. The summed E-state index contributed by atoms with van der Waals surface area (Å²) < 4.78 is 1.81. The van der Waals surface area contributed by atoms with E-state index in [1.54, 1.807) is 24.3 Å². The van der Waals surface area contributed by atoms with Crippen LogP contribution in [-0.2, 0) is 11.8 Å². The molecule has 31 heavy (non-hydrogen) atoms. The molecule has 0 saturated heterocycles. The van der Waals surface area contributed by atoms with Gasteiger partial charge in [-0.15, -0.1) is 10.2 Å². The summed E-state index contributed by atoms with van der Waals surface area (Å²) >= 11 is 7.20. The Bertz CT molecular complexity index is 1040. The molecule has 3 aromatic rings. The van der Waals surface area contributed by atoms with Gasteiger partial charge >= 0.3 is 0 Å². The van der Waals surface area contributed by atoms with E-state index in [9.17, 15) is 9.59 Å². The highest BCUT2D eigenvalue weighted by atomic mass is 35.5. The number of amides is 2. The fourth-order valence-electron chi connectivity index (χ4n) is 2.93. The SMILES string of the molecule is CC(C)[C@@H](NC(=O)c1ccc(Cl)cc1)c1nnc(SCC(=O)Nc2ccccc2)n1C. The van der Waals surface area contributed by atoms with Crippen LogP contribution in [-0.4, -0.2) is 32.3 Å². The first-order valence-electron chi connectivity index (χ1n) is 9.78. The van der Waals surface area contributed by atoms with Crippen LogP contribution in [0.4, 0.5) is 5.69 Å². The predicted molar refractivity (Wildman–Crippen MR) is 123 cm³/mol. The zero-order chi connectivity index (χ0) is 22.4. The lowest BCUT2D eigenvalue weighted by molar-refractivity contribution is -0.113. The molecule has 1 heterocycles. The van der Waals surface area contributed by atoms with Crippen LogP contribution < -0.4 is 10.6 Å². The Morgan fingerprint density at radius 2 is 1.74 bits per heavy atom. The van der Waals surface area contributed by atoms with Crippen LogP contribution in [0.1, 0.15) is 36.1 Å². The molecule has 2 amide bonds. The van der Waals surface area contributed by atoms with Crippen molar-refractivity contribution in [1.29, 1.82) is 0 Å². The van der Waals surface area contributed by atoms with Crippen molar-refractivity contribution < 1.29 is 9.59 Å². The molecule has 0 aliphatic rings. The summed E-state index contributed by atoms with van der Waals surface area (Å²) in [7, 11) is 1.83. The van der Waals surface area contributed by atoms with Gasteiger partial charge in [0, 0.05) is 23.3 Å². The largest absolute Gasteiger partial charge is 0.342 e. The minimum Gasteiger partial charge on any atom is -0.342 e. The lowest BCUT2D eigenvalue weighted by atomic mass is 10.0. The van der Waals surface area contributed by atoms with Crippen molar-refractivity contribution in [3.8, 4) is 0 Å². The van der Waals surface area contributed by atoms with Crippen LogP contribution in [0.25, 0.3) is 0 Å². The smallest absolute Gasteiger partial charge is 0.251 e. The number of hydrogen-bond donors (Lipinski definition) is 2. The summed E-state index contributed by atoms with van der Waals surface area (Å²) in [4.78, 5) is 24.9. The van der Waals surface area contributed by atoms with Crippen LogP contribution >= 0.6 is 23.4 Å². The Balaban J connectivity index is 1.66. The molecule has 162 valence electrons. The first-order chi connectivity index (χ1) is 14.8. The molecule has 1 aromatic heterocycles. The molecule has 3 rings (SSSR count). The van der Waals surface area contributed by atoms with Crippen molar-refractivity contribution >= 4 is 40.9 Å². The number of nitrogens with zero attached hydrogens (tertiary/aromatic N) is 3. The summed E-state index contributed by atoms with van der Waals surface area (Å²) in [6, 6.07) is 15.7. The topological polar surface area (TPSA) is 88.9 Å². The zero-order valence-corrected chi connectivity index (χ0v) is 19.1. The number of thioether (sulfide) groups is 1. The van der Waals surface area contributed by atoms with Gasteiger partial charge in [0.15, 0.2) is 11.0 Å². The van der Waals surface area contributed by atoms with Crippen LogP contribution in [0.3, 0.4) is 0 Å². The molecule has 0 bridgehead atoms. The molecule has 9 heteroatoms. The second kappa shape index (κ2) is 10.5. The molecular weight excluding hydrogens is 434 g/mol. The molecule has 1 atom stereocenters. The Labute approximate surface area is 190 Å². The van der Waals surface area contributed by atoms with Gasteiger partial charge in [0.2, 0.25) is 5.91 Å². The standard InChI is InChI=1S/C22H24ClN5O2S/c1-14(2)19(25-21(30)15-9-11-16(23)12-10-15)20-26-27-22(28(20)3)31-13-18(29)24-17-7-5-4-6-8-17/h4-12,14,19H,13H2,1-3H3,(H,24,29)(H,25,30)/t19-/m1/s1. The third-order valence-corrected chi connectivity index (χ3v) is 5.87. The van der Waals surface area contributed by atoms with E-state index < -0.39 is 0 Å². The second-order valence-corrected chi connectivity index (χ2v) is 8.68. The van der Waals surface area contributed by atoms with Crippen LogP contribution in [0.2, 0.25) is 5.02 Å². The van der Waals surface area contributed by atoms with Crippen molar-refractivity contribution in [2.45, 2.75) is 25.0 Å². The third kappa shape index (κ3) is 6.08. The van der Waals surface area contributed by atoms with E-state index in [2.05, 4.69) is 20.8 Å². The van der Waals surface area contributed by atoms with E-state index in [0.717, 1.165) is 5.69 Å². The lowest BCUT2D eigenvalue weighted by Crippen LogP contribution is -2.33. The van der Waals surface area contributed by atoms with E-state index in [-0.39, 0.29) is 29.5 Å². The van der Waals surface area contributed by atoms with E-state index in [1.807, 2.05) is 55.8 Å². The first kappa shape index (κ1) is 22.8. The summed E-state index contributed by atoms with van der Waals surface area (Å²) in [5.41, 5.74) is 1.26. The Kier molecular flexibility index (Phi) is 7.70. The molecule has 0 aliphatic heterocycles. The minimum absolute atomic E-state index is 0.0818. The Morgan fingerprint density at radius 1 is 1.06 bits per heavy atom. The molecule has 0 unspecified atom stereocenters. The third-order valence-electron chi connectivity index (χ3n) is 4.60. The normalized spacial score (nSPS) is 11.9. The van der Waals surface area contributed by atoms with Crippen molar-refractivity contribution in [2.24, 2.45) is 13.0 Å². The molecule has 0 radical (unpaired) electrons. The number of aromatic nitrogens is 3. The van der Waals surface area contributed by atoms with Gasteiger partial charge in [0.25, 0.3) is 5.91 Å². The molecule has 0 spiro atoms. The average molecular weight is 458 g/mol. The summed E-state index contributed by atoms with van der Waals surface area (Å²) in [6.07, 6.45) is 0. The highest BCUT2D eigenvalue weighted by Gasteiger charge is 2.25. The molecule has 7 nitrogen and oxygen atoms in total. The highest BCUT2D eigenvalue weighted by molar-refractivity contribution is 7.99. The quantitative estimate of drug-likeness (QED) is 0.491. The van der Waals surface area contributed by atoms with E-state index in [0.29, 0.717) is 21.6 Å². The Morgan fingerprint density at radius 3 is 2.39 bits per heavy atom. The number of carbonyl (C=O) groups excluding carboxylic acids is 2.